The zero-order chi connectivity index (χ0) is 14.7. The average Bonchev–Trinajstić information content (AvgIpc) is 3.00. The maximum absolute atomic E-state index is 12.3. The smallest absolute Gasteiger partial charge is 0.261 e. The molecular formula is C16H11BrN2O2. The molecule has 0 saturated heterocycles. The van der Waals surface area contributed by atoms with E-state index in [1.54, 1.807) is 0 Å². The van der Waals surface area contributed by atoms with Crippen molar-refractivity contribution in [2.24, 2.45) is 0 Å². The van der Waals surface area contributed by atoms with Crippen molar-refractivity contribution in [3.63, 3.8) is 0 Å². The van der Waals surface area contributed by atoms with Gasteiger partial charge in [0.15, 0.2) is 5.76 Å². The van der Waals surface area contributed by atoms with Gasteiger partial charge in [-0.25, -0.2) is 0 Å². The van der Waals surface area contributed by atoms with Gasteiger partial charge in [0.25, 0.3) is 5.91 Å². The molecule has 3 aromatic rings. The van der Waals surface area contributed by atoms with Gasteiger partial charge in [-0.3, -0.25) is 4.79 Å². The molecule has 21 heavy (non-hydrogen) atoms. The number of nitrogens with one attached hydrogen (secondary N) is 1. The van der Waals surface area contributed by atoms with Gasteiger partial charge in [0.1, 0.15) is 5.56 Å². The summed E-state index contributed by atoms with van der Waals surface area (Å²) in [6.07, 6.45) is 1.43. The fraction of sp³-hybridized carbons (Fsp3) is 0. The van der Waals surface area contributed by atoms with Crippen LogP contribution in [0, 0.1) is 0 Å². The summed E-state index contributed by atoms with van der Waals surface area (Å²) < 4.78 is 6.16. The van der Waals surface area contributed by atoms with Gasteiger partial charge in [0, 0.05) is 15.7 Å². The number of rotatable bonds is 3. The lowest BCUT2D eigenvalue weighted by atomic mass is 10.1. The van der Waals surface area contributed by atoms with E-state index in [9.17, 15) is 4.79 Å². The van der Waals surface area contributed by atoms with Crippen molar-refractivity contribution in [3.8, 4) is 11.3 Å². The highest BCUT2D eigenvalue weighted by molar-refractivity contribution is 9.10. The molecule has 104 valence electrons. The lowest BCUT2D eigenvalue weighted by Crippen LogP contribution is -2.11. The number of halogens is 1. The van der Waals surface area contributed by atoms with Crippen molar-refractivity contribution in [1.82, 2.24) is 5.16 Å². The summed E-state index contributed by atoms with van der Waals surface area (Å²) in [7, 11) is 0. The number of amides is 1. The maximum atomic E-state index is 12.3. The summed E-state index contributed by atoms with van der Waals surface area (Å²) in [6.45, 7) is 0. The molecule has 3 rings (SSSR count). The van der Waals surface area contributed by atoms with E-state index in [1.807, 2.05) is 54.6 Å². The highest BCUT2D eigenvalue weighted by Gasteiger charge is 2.17. The van der Waals surface area contributed by atoms with Crippen molar-refractivity contribution >= 4 is 27.5 Å². The van der Waals surface area contributed by atoms with Crippen LogP contribution < -0.4 is 5.32 Å². The summed E-state index contributed by atoms with van der Waals surface area (Å²) in [5, 5.41) is 6.55. The lowest BCUT2D eigenvalue weighted by molar-refractivity contribution is 0.102. The van der Waals surface area contributed by atoms with Gasteiger partial charge in [-0.1, -0.05) is 51.4 Å². The fourth-order valence-electron chi connectivity index (χ4n) is 1.93. The van der Waals surface area contributed by atoms with Crippen LogP contribution in [-0.2, 0) is 0 Å². The van der Waals surface area contributed by atoms with Gasteiger partial charge in [-0.05, 0) is 24.3 Å². The van der Waals surface area contributed by atoms with Crippen LogP contribution in [0.3, 0.4) is 0 Å². The van der Waals surface area contributed by atoms with Crippen molar-refractivity contribution < 1.29 is 9.32 Å². The van der Waals surface area contributed by atoms with Crippen LogP contribution in [0.5, 0.6) is 0 Å². The standard InChI is InChI=1S/C16H11BrN2O2/c17-12-6-8-13(9-7-12)19-16(20)14-10-18-21-15(14)11-4-2-1-3-5-11/h1-10H,(H,19,20). The number of nitrogens with zero attached hydrogens (tertiary/aromatic N) is 1. The molecule has 0 fully saturated rings. The molecule has 0 radical (unpaired) electrons. The average molecular weight is 343 g/mol. The quantitative estimate of drug-likeness (QED) is 0.769. The second-order valence-electron chi connectivity index (χ2n) is 4.40. The highest BCUT2D eigenvalue weighted by atomic mass is 79.9. The van der Waals surface area contributed by atoms with Crippen LogP contribution in [0.15, 0.2) is 69.8 Å². The zero-order valence-electron chi connectivity index (χ0n) is 10.9. The predicted molar refractivity (Wildman–Crippen MR) is 84.0 cm³/mol. The summed E-state index contributed by atoms with van der Waals surface area (Å²) in [4.78, 5) is 12.3. The molecule has 0 aliphatic heterocycles. The molecule has 0 atom stereocenters. The third-order valence-electron chi connectivity index (χ3n) is 2.95. The van der Waals surface area contributed by atoms with Crippen LogP contribution in [0.1, 0.15) is 10.4 Å². The van der Waals surface area contributed by atoms with E-state index in [-0.39, 0.29) is 5.91 Å². The molecule has 0 bridgehead atoms. The number of hydrogen-bond acceptors (Lipinski definition) is 3. The minimum absolute atomic E-state index is 0.252. The molecule has 4 nitrogen and oxygen atoms in total. The van der Waals surface area contributed by atoms with E-state index in [0.29, 0.717) is 17.0 Å². The number of benzene rings is 2. The van der Waals surface area contributed by atoms with E-state index in [0.717, 1.165) is 10.0 Å². The molecule has 2 aromatic carbocycles. The molecule has 1 heterocycles. The summed E-state index contributed by atoms with van der Waals surface area (Å²) in [5.74, 6) is 0.211. The Bertz CT molecular complexity index is 751. The molecule has 5 heteroatoms. The third-order valence-corrected chi connectivity index (χ3v) is 3.48. The summed E-state index contributed by atoms with van der Waals surface area (Å²) in [6, 6.07) is 16.8. The van der Waals surface area contributed by atoms with Gasteiger partial charge < -0.3 is 9.84 Å². The number of aromatic nitrogens is 1. The second-order valence-corrected chi connectivity index (χ2v) is 5.31. The van der Waals surface area contributed by atoms with Crippen molar-refractivity contribution in [2.45, 2.75) is 0 Å². The number of carbonyl (C=O) groups is 1. The predicted octanol–water partition coefficient (Wildman–Crippen LogP) is 4.36. The van der Waals surface area contributed by atoms with Crippen LogP contribution in [0.25, 0.3) is 11.3 Å². The first-order chi connectivity index (χ1) is 10.2. The number of carbonyl (C=O) groups excluding carboxylic acids is 1. The minimum atomic E-state index is -0.252. The molecule has 0 saturated carbocycles. The minimum Gasteiger partial charge on any atom is -0.355 e. The largest absolute Gasteiger partial charge is 0.355 e. The second kappa shape index (κ2) is 5.93. The van der Waals surface area contributed by atoms with Crippen molar-refractivity contribution in [1.29, 1.82) is 0 Å². The molecule has 1 amide bonds. The maximum Gasteiger partial charge on any atom is 0.261 e. The Morgan fingerprint density at radius 3 is 2.48 bits per heavy atom. The summed E-state index contributed by atoms with van der Waals surface area (Å²) >= 11 is 3.35. The Labute approximate surface area is 129 Å². The molecule has 0 aliphatic carbocycles. The molecule has 0 unspecified atom stereocenters. The van der Waals surface area contributed by atoms with Crippen LogP contribution >= 0.6 is 15.9 Å². The lowest BCUT2D eigenvalue weighted by Gasteiger charge is -2.05. The van der Waals surface area contributed by atoms with E-state index < -0.39 is 0 Å². The van der Waals surface area contributed by atoms with Gasteiger partial charge in [-0.15, -0.1) is 0 Å². The Morgan fingerprint density at radius 2 is 1.76 bits per heavy atom. The molecule has 0 aliphatic rings. The number of hydrogen-bond donors (Lipinski definition) is 1. The van der Waals surface area contributed by atoms with Gasteiger partial charge in [0.2, 0.25) is 0 Å². The number of anilines is 1. The van der Waals surface area contributed by atoms with Crippen LogP contribution in [0.2, 0.25) is 0 Å². The molecule has 0 spiro atoms. The third kappa shape index (κ3) is 3.03. The van der Waals surface area contributed by atoms with Gasteiger partial charge in [0.05, 0.1) is 6.20 Å². The Kier molecular flexibility index (Phi) is 3.83. The van der Waals surface area contributed by atoms with Gasteiger partial charge >= 0.3 is 0 Å². The van der Waals surface area contributed by atoms with E-state index in [1.165, 1.54) is 6.20 Å². The van der Waals surface area contributed by atoms with Gasteiger partial charge in [-0.2, -0.15) is 0 Å². The Hall–Kier alpha value is -2.40. The van der Waals surface area contributed by atoms with Crippen molar-refractivity contribution in [2.75, 3.05) is 5.32 Å². The fourth-order valence-corrected chi connectivity index (χ4v) is 2.20. The molecule has 1 aromatic heterocycles. The van der Waals surface area contributed by atoms with Crippen LogP contribution in [0.4, 0.5) is 5.69 Å². The monoisotopic (exact) mass is 342 g/mol. The first kappa shape index (κ1) is 13.6. The molecular weight excluding hydrogens is 332 g/mol. The van der Waals surface area contributed by atoms with Crippen molar-refractivity contribution in [3.05, 3.63) is 70.8 Å². The SMILES string of the molecule is O=C(Nc1ccc(Br)cc1)c1cnoc1-c1ccccc1. The topological polar surface area (TPSA) is 55.1 Å². The van der Waals surface area contributed by atoms with E-state index >= 15 is 0 Å². The van der Waals surface area contributed by atoms with E-state index in [2.05, 4.69) is 26.4 Å². The highest BCUT2D eigenvalue weighted by Crippen LogP contribution is 2.24. The first-order valence-corrected chi connectivity index (χ1v) is 7.10. The molecule has 1 N–H and O–H groups in total. The summed E-state index contributed by atoms with van der Waals surface area (Å²) in [5.41, 5.74) is 1.93. The van der Waals surface area contributed by atoms with Crippen LogP contribution in [-0.4, -0.2) is 11.1 Å². The first-order valence-electron chi connectivity index (χ1n) is 6.31. The Morgan fingerprint density at radius 1 is 1.05 bits per heavy atom. The zero-order valence-corrected chi connectivity index (χ0v) is 12.5. The van der Waals surface area contributed by atoms with E-state index in [4.69, 9.17) is 4.52 Å². The normalized spacial score (nSPS) is 10.3. The Balaban J connectivity index is 1.86.